The summed E-state index contributed by atoms with van der Waals surface area (Å²) in [5.74, 6) is -1.15. The van der Waals surface area contributed by atoms with Gasteiger partial charge in [0.05, 0.1) is 5.52 Å². The van der Waals surface area contributed by atoms with Crippen molar-refractivity contribution in [1.82, 2.24) is 10.3 Å². The number of hydrogen-bond acceptors (Lipinski definition) is 4. The Kier molecular flexibility index (Phi) is 4.56. The number of benzene rings is 2. The predicted octanol–water partition coefficient (Wildman–Crippen LogP) is 3.22. The number of aryl methyl sites for hydroxylation is 1. The molecule has 0 saturated carbocycles. The van der Waals surface area contributed by atoms with E-state index in [9.17, 15) is 14.7 Å². The van der Waals surface area contributed by atoms with E-state index in [4.69, 9.17) is 0 Å². The quantitative estimate of drug-likeness (QED) is 0.637. The Morgan fingerprint density at radius 2 is 1.92 bits per heavy atom. The van der Waals surface area contributed by atoms with Crippen molar-refractivity contribution >= 4 is 28.4 Å². The van der Waals surface area contributed by atoms with Gasteiger partial charge in [-0.2, -0.15) is 0 Å². The molecule has 126 valence electrons. The van der Waals surface area contributed by atoms with Crippen LogP contribution < -0.4 is 5.32 Å². The van der Waals surface area contributed by atoms with Crippen LogP contribution >= 0.6 is 0 Å². The summed E-state index contributed by atoms with van der Waals surface area (Å²) < 4.78 is 0. The number of aromatic amines is 1. The van der Waals surface area contributed by atoms with Crippen molar-refractivity contribution in [2.75, 3.05) is 6.54 Å². The van der Waals surface area contributed by atoms with Gasteiger partial charge in [-0.25, -0.2) is 0 Å². The number of aromatic nitrogens is 1. The topological polar surface area (TPSA) is 107 Å². The summed E-state index contributed by atoms with van der Waals surface area (Å²) in [5.41, 5.74) is 2.34. The molecule has 3 rings (SSSR count). The molecule has 0 saturated heterocycles. The summed E-state index contributed by atoms with van der Waals surface area (Å²) in [7, 11) is 0. The molecule has 0 aliphatic carbocycles. The molecule has 7 heteroatoms. The molecule has 0 aliphatic heterocycles. The van der Waals surface area contributed by atoms with E-state index in [1.807, 2.05) is 25.1 Å². The lowest BCUT2D eigenvalue weighted by molar-refractivity contribution is -0.117. The van der Waals surface area contributed by atoms with Gasteiger partial charge in [0.15, 0.2) is 5.69 Å². The third-order valence-corrected chi connectivity index (χ3v) is 3.61. The van der Waals surface area contributed by atoms with Crippen LogP contribution in [0.15, 0.2) is 58.8 Å². The fraction of sp³-hybridized carbons (Fsp3) is 0.111. The van der Waals surface area contributed by atoms with Crippen LogP contribution in [0.2, 0.25) is 0 Å². The van der Waals surface area contributed by atoms with Crippen LogP contribution in [0.3, 0.4) is 0 Å². The molecule has 2 amide bonds. The number of rotatable bonds is 4. The fourth-order valence-corrected chi connectivity index (χ4v) is 2.37. The first-order valence-corrected chi connectivity index (χ1v) is 7.63. The molecule has 1 heterocycles. The van der Waals surface area contributed by atoms with E-state index in [0.29, 0.717) is 16.5 Å². The van der Waals surface area contributed by atoms with Crippen molar-refractivity contribution in [3.63, 3.8) is 0 Å². The number of fused-ring (bicyclic) bond motifs is 1. The molecule has 0 bridgehead atoms. The molecular formula is C18H16N4O3. The van der Waals surface area contributed by atoms with Gasteiger partial charge in [-0.3, -0.25) is 9.59 Å². The second-order valence-electron chi connectivity index (χ2n) is 5.51. The van der Waals surface area contributed by atoms with E-state index in [0.717, 1.165) is 5.56 Å². The Bertz CT molecular complexity index is 961. The third kappa shape index (κ3) is 3.72. The van der Waals surface area contributed by atoms with E-state index in [1.165, 1.54) is 0 Å². The molecule has 0 unspecified atom stereocenters. The highest BCUT2D eigenvalue weighted by Crippen LogP contribution is 2.35. The van der Waals surface area contributed by atoms with Gasteiger partial charge in [0.1, 0.15) is 6.54 Å². The second-order valence-corrected chi connectivity index (χ2v) is 5.51. The maximum absolute atomic E-state index is 11.9. The number of carbonyl (C=O) groups excluding carboxylic acids is 2. The van der Waals surface area contributed by atoms with Gasteiger partial charge >= 0.3 is 0 Å². The standard InChI is InChI=1S/C18H16N4O3/c1-11-7-8-14-13(9-11)16(18(25)20-14)22-21-15(23)10-19-17(24)12-5-3-2-4-6-12/h2-9,20,25H,10H2,1H3,(H,19,24). The van der Waals surface area contributed by atoms with Crippen LogP contribution in [0, 0.1) is 6.92 Å². The molecule has 25 heavy (non-hydrogen) atoms. The van der Waals surface area contributed by atoms with Gasteiger partial charge in [-0.15, -0.1) is 10.2 Å². The first kappa shape index (κ1) is 16.4. The summed E-state index contributed by atoms with van der Waals surface area (Å²) in [4.78, 5) is 26.5. The van der Waals surface area contributed by atoms with Gasteiger partial charge in [0.2, 0.25) is 5.88 Å². The minimum atomic E-state index is -0.620. The zero-order chi connectivity index (χ0) is 17.8. The summed E-state index contributed by atoms with van der Waals surface area (Å²) >= 11 is 0. The van der Waals surface area contributed by atoms with E-state index in [-0.39, 0.29) is 24.0 Å². The number of aromatic hydroxyl groups is 1. The van der Waals surface area contributed by atoms with E-state index in [1.54, 1.807) is 30.3 Å². The van der Waals surface area contributed by atoms with Gasteiger partial charge < -0.3 is 15.4 Å². The highest BCUT2D eigenvalue weighted by Gasteiger charge is 2.12. The maximum atomic E-state index is 11.9. The van der Waals surface area contributed by atoms with E-state index < -0.39 is 5.91 Å². The Hall–Kier alpha value is -3.48. The molecule has 1 aromatic heterocycles. The van der Waals surface area contributed by atoms with Crippen LogP contribution in [0.1, 0.15) is 15.9 Å². The van der Waals surface area contributed by atoms with Crippen molar-refractivity contribution in [1.29, 1.82) is 0 Å². The van der Waals surface area contributed by atoms with Crippen molar-refractivity contribution in [2.24, 2.45) is 10.2 Å². The third-order valence-electron chi connectivity index (χ3n) is 3.61. The number of hydrogen-bond donors (Lipinski definition) is 3. The Morgan fingerprint density at radius 3 is 2.68 bits per heavy atom. The van der Waals surface area contributed by atoms with Gasteiger partial charge in [0.25, 0.3) is 11.8 Å². The molecule has 0 aliphatic rings. The number of azo groups is 1. The highest BCUT2D eigenvalue weighted by molar-refractivity contribution is 5.97. The molecular weight excluding hydrogens is 320 g/mol. The first-order chi connectivity index (χ1) is 12.0. The molecule has 3 N–H and O–H groups in total. The lowest BCUT2D eigenvalue weighted by Crippen LogP contribution is -2.28. The number of H-pyrrole nitrogens is 1. The Labute approximate surface area is 143 Å². The van der Waals surface area contributed by atoms with E-state index in [2.05, 4.69) is 20.5 Å². The molecule has 0 spiro atoms. The lowest BCUT2D eigenvalue weighted by Gasteiger charge is -2.01. The number of carbonyl (C=O) groups is 2. The molecule has 0 fully saturated rings. The molecule has 7 nitrogen and oxygen atoms in total. The maximum Gasteiger partial charge on any atom is 0.283 e. The average Bonchev–Trinajstić information content (AvgIpc) is 2.93. The van der Waals surface area contributed by atoms with Gasteiger partial charge in [0, 0.05) is 10.9 Å². The second kappa shape index (κ2) is 6.96. The van der Waals surface area contributed by atoms with Crippen molar-refractivity contribution in [3.8, 4) is 5.88 Å². The smallest absolute Gasteiger partial charge is 0.283 e. The van der Waals surface area contributed by atoms with E-state index >= 15 is 0 Å². The summed E-state index contributed by atoms with van der Waals surface area (Å²) in [6.45, 7) is 1.63. The first-order valence-electron chi connectivity index (χ1n) is 7.63. The number of nitrogens with zero attached hydrogens (tertiary/aromatic N) is 2. The van der Waals surface area contributed by atoms with Crippen LogP contribution in [-0.4, -0.2) is 28.4 Å². The van der Waals surface area contributed by atoms with Crippen LogP contribution in [0.25, 0.3) is 10.9 Å². The van der Waals surface area contributed by atoms with Crippen LogP contribution in [0.4, 0.5) is 5.69 Å². The SMILES string of the molecule is Cc1ccc2[nH]c(O)c(N=NC(=O)CNC(=O)c3ccccc3)c2c1. The van der Waals surface area contributed by atoms with Crippen molar-refractivity contribution in [3.05, 3.63) is 59.7 Å². The zero-order valence-electron chi connectivity index (χ0n) is 13.5. The minimum absolute atomic E-state index is 0.162. The predicted molar refractivity (Wildman–Crippen MR) is 93.0 cm³/mol. The molecule has 0 radical (unpaired) electrons. The molecule has 2 aromatic carbocycles. The van der Waals surface area contributed by atoms with Crippen molar-refractivity contribution < 1.29 is 14.7 Å². The summed E-state index contributed by atoms with van der Waals surface area (Å²) in [6.07, 6.45) is 0. The largest absolute Gasteiger partial charge is 0.493 e. The monoisotopic (exact) mass is 336 g/mol. The normalized spacial score (nSPS) is 11.1. The highest BCUT2D eigenvalue weighted by atomic mass is 16.3. The minimum Gasteiger partial charge on any atom is -0.493 e. The van der Waals surface area contributed by atoms with Crippen LogP contribution in [-0.2, 0) is 4.79 Å². The molecule has 0 atom stereocenters. The number of nitrogens with one attached hydrogen (secondary N) is 2. The molecule has 3 aromatic rings. The average molecular weight is 336 g/mol. The summed E-state index contributed by atoms with van der Waals surface area (Å²) in [5, 5.41) is 20.5. The Balaban J connectivity index is 1.68. The fourth-order valence-electron chi connectivity index (χ4n) is 2.37. The Morgan fingerprint density at radius 1 is 1.16 bits per heavy atom. The van der Waals surface area contributed by atoms with Gasteiger partial charge in [-0.05, 0) is 31.2 Å². The zero-order valence-corrected chi connectivity index (χ0v) is 13.5. The van der Waals surface area contributed by atoms with Gasteiger partial charge in [-0.1, -0.05) is 29.8 Å². The van der Waals surface area contributed by atoms with Crippen LogP contribution in [0.5, 0.6) is 5.88 Å². The lowest BCUT2D eigenvalue weighted by atomic mass is 10.2. The number of amides is 2. The summed E-state index contributed by atoms with van der Waals surface area (Å²) in [6, 6.07) is 14.1. The van der Waals surface area contributed by atoms with Crippen molar-refractivity contribution in [2.45, 2.75) is 6.92 Å².